The van der Waals surface area contributed by atoms with Crippen molar-refractivity contribution >= 4 is 43.2 Å². The highest BCUT2D eigenvalue weighted by Gasteiger charge is 2.32. The maximum absolute atomic E-state index is 13.4. The van der Waals surface area contributed by atoms with E-state index < -0.39 is 27.3 Å². The Morgan fingerprint density at radius 2 is 1.94 bits per heavy atom. The van der Waals surface area contributed by atoms with Gasteiger partial charge in [0.05, 0.1) is 43.5 Å². The van der Waals surface area contributed by atoms with Gasteiger partial charge in [0.2, 0.25) is 9.84 Å². The average molecular weight is 465 g/mol. The fourth-order valence-electron chi connectivity index (χ4n) is 3.80. The molecule has 5 rings (SSSR count). The van der Waals surface area contributed by atoms with Gasteiger partial charge in [0.1, 0.15) is 6.17 Å². The molecular weight excluding hydrogens is 451 g/mol. The summed E-state index contributed by atoms with van der Waals surface area (Å²) in [5, 5.41) is 14.1. The molecule has 2 aromatic heterocycles. The number of H-pyrrole nitrogens is 1. The molecule has 2 heterocycles. The Balaban J connectivity index is 1.73. The van der Waals surface area contributed by atoms with Crippen LogP contribution in [0.4, 0.5) is 4.39 Å². The van der Waals surface area contributed by atoms with Gasteiger partial charge in [0.25, 0.3) is 5.56 Å². The summed E-state index contributed by atoms with van der Waals surface area (Å²) >= 11 is 6.02. The van der Waals surface area contributed by atoms with Gasteiger partial charge >= 0.3 is 5.69 Å². The smallest absolute Gasteiger partial charge is 0.362 e. The maximum atomic E-state index is 13.4. The predicted octanol–water partition coefficient (Wildman–Crippen LogP) is 2.44. The Labute approximate surface area is 178 Å². The average Bonchev–Trinajstić information content (AvgIpc) is 3.12. The van der Waals surface area contributed by atoms with E-state index >= 15 is 0 Å². The third-order valence-electron chi connectivity index (χ3n) is 5.52. The van der Waals surface area contributed by atoms with Gasteiger partial charge < -0.3 is 10.2 Å². The number of rotatable bonds is 3. The number of aromatic nitrogens is 4. The zero-order valence-electron chi connectivity index (χ0n) is 15.6. The lowest BCUT2D eigenvalue weighted by atomic mass is 9.91. The molecule has 4 aromatic rings. The fourth-order valence-corrected chi connectivity index (χ4v) is 5.47. The molecule has 0 radical (unpaired) electrons. The Bertz CT molecular complexity index is 1600. The van der Waals surface area contributed by atoms with Gasteiger partial charge in [-0.2, -0.15) is 5.10 Å². The minimum Gasteiger partial charge on any atom is -0.421 e. The molecular formula is C19H14ClFN4O5S. The number of benzene rings is 2. The Kier molecular flexibility index (Phi) is 4.25. The van der Waals surface area contributed by atoms with E-state index in [1.807, 2.05) is 0 Å². The summed E-state index contributed by atoms with van der Waals surface area (Å²) in [4.78, 5) is 25.9. The quantitative estimate of drug-likeness (QED) is 0.448. The van der Waals surface area contributed by atoms with Crippen molar-refractivity contribution in [1.29, 1.82) is 0 Å². The number of fused-ring (bicyclic) bond motifs is 2. The molecule has 0 spiro atoms. The van der Waals surface area contributed by atoms with E-state index in [-0.39, 0.29) is 36.5 Å². The van der Waals surface area contributed by atoms with Crippen LogP contribution >= 0.6 is 11.6 Å². The van der Waals surface area contributed by atoms with E-state index in [1.165, 1.54) is 24.3 Å². The minimum absolute atomic E-state index is 0.101. The van der Waals surface area contributed by atoms with Crippen molar-refractivity contribution in [2.45, 2.75) is 34.8 Å². The molecule has 0 bridgehead atoms. The Morgan fingerprint density at radius 3 is 2.65 bits per heavy atom. The molecule has 2 N–H and O–H groups in total. The van der Waals surface area contributed by atoms with Crippen LogP contribution in [0.2, 0.25) is 5.02 Å². The molecule has 1 saturated carbocycles. The first-order valence-electron chi connectivity index (χ1n) is 9.21. The topological polar surface area (TPSA) is 127 Å². The second-order valence-corrected chi connectivity index (χ2v) is 9.70. The molecule has 1 aliphatic rings. The zero-order valence-corrected chi connectivity index (χ0v) is 17.2. The van der Waals surface area contributed by atoms with Crippen LogP contribution in [0.3, 0.4) is 0 Å². The SMILES string of the molecule is O=c1[nH]c2c(S(=O)(=O)c3ccc4cnn(C5CC(F)C5)c4c3)ccc(Cl)c2c(=O)n1O. The van der Waals surface area contributed by atoms with Crippen molar-refractivity contribution in [3.8, 4) is 0 Å². The molecule has 9 nitrogen and oxygen atoms in total. The van der Waals surface area contributed by atoms with Crippen molar-refractivity contribution in [1.82, 2.24) is 19.5 Å². The van der Waals surface area contributed by atoms with Gasteiger partial charge in [-0.3, -0.25) is 9.48 Å². The molecule has 2 aromatic carbocycles. The van der Waals surface area contributed by atoms with Gasteiger partial charge in [-0.05, 0) is 30.3 Å². The number of alkyl halides is 1. The lowest BCUT2D eigenvalue weighted by Crippen LogP contribution is -2.33. The van der Waals surface area contributed by atoms with Crippen LogP contribution in [-0.2, 0) is 9.84 Å². The number of sulfone groups is 1. The van der Waals surface area contributed by atoms with Crippen LogP contribution in [0.25, 0.3) is 21.8 Å². The number of aromatic amines is 1. The third-order valence-corrected chi connectivity index (χ3v) is 7.63. The minimum atomic E-state index is -4.21. The van der Waals surface area contributed by atoms with E-state index in [9.17, 15) is 27.6 Å². The summed E-state index contributed by atoms with van der Waals surface area (Å²) in [6, 6.07) is 6.62. The van der Waals surface area contributed by atoms with Crippen LogP contribution in [0.1, 0.15) is 18.9 Å². The summed E-state index contributed by atoms with van der Waals surface area (Å²) in [5.74, 6) is 0. The highest BCUT2D eigenvalue weighted by molar-refractivity contribution is 7.91. The van der Waals surface area contributed by atoms with Gasteiger partial charge in [0.15, 0.2) is 0 Å². The first kappa shape index (κ1) is 19.8. The van der Waals surface area contributed by atoms with Crippen molar-refractivity contribution in [3.05, 3.63) is 62.4 Å². The molecule has 0 aliphatic heterocycles. The van der Waals surface area contributed by atoms with Gasteiger partial charge in [0, 0.05) is 18.2 Å². The normalized spacial score (nSPS) is 19.0. The highest BCUT2D eigenvalue weighted by atomic mass is 35.5. The zero-order chi connectivity index (χ0) is 22.1. The van der Waals surface area contributed by atoms with Crippen LogP contribution in [-0.4, -0.2) is 39.3 Å². The number of nitrogens with zero attached hydrogens (tertiary/aromatic N) is 3. The lowest BCUT2D eigenvalue weighted by molar-refractivity contribution is 0.131. The molecule has 1 aliphatic carbocycles. The van der Waals surface area contributed by atoms with Crippen LogP contribution in [0.15, 0.2) is 55.9 Å². The lowest BCUT2D eigenvalue weighted by Gasteiger charge is -2.30. The van der Waals surface area contributed by atoms with Crippen LogP contribution in [0.5, 0.6) is 0 Å². The van der Waals surface area contributed by atoms with E-state index in [0.29, 0.717) is 23.7 Å². The standard InChI is InChI=1S/C19H14ClFN4O5S/c20-13-3-4-15(17-16(13)18(26)25(28)19(27)23-17)31(29,30)12-2-1-9-8-22-24(14(9)7-12)11-5-10(21)6-11/h1-4,7-8,10-11,28H,5-6H2,(H,23,27). The number of hydrogen-bond acceptors (Lipinski definition) is 6. The van der Waals surface area contributed by atoms with E-state index in [2.05, 4.69) is 10.1 Å². The molecule has 1 fully saturated rings. The molecule has 0 atom stereocenters. The van der Waals surface area contributed by atoms with Crippen molar-refractivity contribution in [3.63, 3.8) is 0 Å². The number of nitrogens with one attached hydrogen (secondary N) is 1. The summed E-state index contributed by atoms with van der Waals surface area (Å²) in [6.07, 6.45) is 1.30. The number of halogens is 2. The second-order valence-electron chi connectivity index (χ2n) is 7.38. The third kappa shape index (κ3) is 2.87. The molecule has 0 unspecified atom stereocenters. The molecule has 0 saturated heterocycles. The summed E-state index contributed by atoms with van der Waals surface area (Å²) < 4.78 is 41.6. The largest absolute Gasteiger partial charge is 0.421 e. The second kappa shape index (κ2) is 6.66. The Hall–Kier alpha value is -3.18. The van der Waals surface area contributed by atoms with Gasteiger partial charge in [-0.1, -0.05) is 16.3 Å². The van der Waals surface area contributed by atoms with E-state index in [1.54, 1.807) is 16.9 Å². The number of hydrogen-bond donors (Lipinski definition) is 2. The summed E-state index contributed by atoms with van der Waals surface area (Å²) in [7, 11) is -4.21. The first-order chi connectivity index (χ1) is 14.7. The van der Waals surface area contributed by atoms with Gasteiger partial charge in [-0.25, -0.2) is 17.6 Å². The Morgan fingerprint density at radius 1 is 1.19 bits per heavy atom. The van der Waals surface area contributed by atoms with E-state index in [4.69, 9.17) is 11.6 Å². The molecule has 160 valence electrons. The van der Waals surface area contributed by atoms with Crippen molar-refractivity contribution in [2.75, 3.05) is 0 Å². The first-order valence-corrected chi connectivity index (χ1v) is 11.1. The monoisotopic (exact) mass is 464 g/mol. The molecule has 0 amide bonds. The highest BCUT2D eigenvalue weighted by Crippen LogP contribution is 2.37. The molecule has 12 heteroatoms. The fraction of sp³-hybridized carbons (Fsp3) is 0.211. The maximum Gasteiger partial charge on any atom is 0.362 e. The van der Waals surface area contributed by atoms with Gasteiger partial charge in [-0.15, -0.1) is 0 Å². The summed E-state index contributed by atoms with van der Waals surface area (Å²) in [6.45, 7) is 0. The van der Waals surface area contributed by atoms with E-state index in [0.717, 1.165) is 0 Å². The van der Waals surface area contributed by atoms with Crippen LogP contribution in [0, 0.1) is 0 Å². The summed E-state index contributed by atoms with van der Waals surface area (Å²) in [5.41, 5.74) is -2.11. The molecule has 31 heavy (non-hydrogen) atoms. The van der Waals surface area contributed by atoms with Crippen LogP contribution < -0.4 is 11.2 Å². The van der Waals surface area contributed by atoms with Crippen molar-refractivity contribution in [2.24, 2.45) is 0 Å². The predicted molar refractivity (Wildman–Crippen MR) is 109 cm³/mol. The van der Waals surface area contributed by atoms with Crippen molar-refractivity contribution < 1.29 is 18.0 Å².